The second-order valence-corrected chi connectivity index (χ2v) is 6.46. The molecule has 1 amide bonds. The molecule has 1 N–H and O–H groups in total. The summed E-state index contributed by atoms with van der Waals surface area (Å²) in [6.07, 6.45) is 5.53. The van der Waals surface area contributed by atoms with E-state index in [9.17, 15) is 4.79 Å². The van der Waals surface area contributed by atoms with Gasteiger partial charge in [-0.15, -0.1) is 0 Å². The van der Waals surface area contributed by atoms with Crippen molar-refractivity contribution in [1.29, 1.82) is 0 Å². The molecule has 0 bridgehead atoms. The van der Waals surface area contributed by atoms with Crippen LogP contribution in [0.15, 0.2) is 24.7 Å². The number of aromatic nitrogens is 3. The molecule has 26 heavy (non-hydrogen) atoms. The topological polar surface area (TPSA) is 81.5 Å². The van der Waals surface area contributed by atoms with Crippen molar-refractivity contribution in [1.82, 2.24) is 25.0 Å². The van der Waals surface area contributed by atoms with E-state index in [1.807, 2.05) is 19.4 Å². The molecule has 140 valence electrons. The van der Waals surface area contributed by atoms with E-state index in [1.54, 1.807) is 38.2 Å². The molecule has 0 aromatic carbocycles. The fourth-order valence-corrected chi connectivity index (χ4v) is 3.61. The minimum atomic E-state index is -0.124. The molecule has 2 aromatic heterocycles. The van der Waals surface area contributed by atoms with Crippen LogP contribution in [0.1, 0.15) is 17.2 Å². The molecule has 0 unspecified atom stereocenters. The van der Waals surface area contributed by atoms with Crippen LogP contribution in [0.3, 0.4) is 0 Å². The van der Waals surface area contributed by atoms with Crippen LogP contribution in [0.25, 0.3) is 0 Å². The molecule has 1 aliphatic heterocycles. The third kappa shape index (κ3) is 3.50. The fourth-order valence-electron chi connectivity index (χ4n) is 3.61. The number of rotatable bonds is 6. The highest BCUT2D eigenvalue weighted by Gasteiger charge is 2.39. The van der Waals surface area contributed by atoms with Crippen LogP contribution in [0, 0.1) is 5.92 Å². The van der Waals surface area contributed by atoms with Gasteiger partial charge in [0.05, 0.1) is 26.3 Å². The fraction of sp³-hybridized carbons (Fsp3) is 0.500. The van der Waals surface area contributed by atoms with Crippen LogP contribution in [0.5, 0.6) is 11.5 Å². The van der Waals surface area contributed by atoms with Gasteiger partial charge < -0.3 is 14.8 Å². The van der Waals surface area contributed by atoms with Crippen molar-refractivity contribution in [2.24, 2.45) is 13.0 Å². The van der Waals surface area contributed by atoms with Crippen LogP contribution < -0.4 is 14.8 Å². The van der Waals surface area contributed by atoms with E-state index < -0.39 is 0 Å². The minimum absolute atomic E-state index is 0.0481. The van der Waals surface area contributed by atoms with Crippen LogP contribution in [-0.4, -0.2) is 59.9 Å². The van der Waals surface area contributed by atoms with Crippen molar-refractivity contribution in [3.63, 3.8) is 0 Å². The molecule has 0 aliphatic carbocycles. The second-order valence-electron chi connectivity index (χ2n) is 6.46. The van der Waals surface area contributed by atoms with Gasteiger partial charge in [0.2, 0.25) is 5.91 Å². The highest BCUT2D eigenvalue weighted by molar-refractivity contribution is 5.80. The molecule has 1 fully saturated rings. The van der Waals surface area contributed by atoms with Crippen LogP contribution in [0.2, 0.25) is 0 Å². The SMILES string of the molecule is CNC(=O)[C@H]1CN(Cc2nccc(OC)c2OC)C[C@@H]1c1cnn(C)c1. The monoisotopic (exact) mass is 359 g/mol. The first-order valence-corrected chi connectivity index (χ1v) is 8.55. The molecule has 2 aromatic rings. The quantitative estimate of drug-likeness (QED) is 0.821. The van der Waals surface area contributed by atoms with E-state index >= 15 is 0 Å². The molecule has 0 spiro atoms. The molecular weight excluding hydrogens is 334 g/mol. The van der Waals surface area contributed by atoms with Crippen molar-refractivity contribution < 1.29 is 14.3 Å². The second kappa shape index (κ2) is 7.74. The molecule has 3 rings (SSSR count). The number of nitrogens with one attached hydrogen (secondary N) is 1. The number of pyridine rings is 1. The summed E-state index contributed by atoms with van der Waals surface area (Å²) < 4.78 is 12.6. The predicted molar refractivity (Wildman–Crippen MR) is 96.1 cm³/mol. The number of nitrogens with zero attached hydrogens (tertiary/aromatic N) is 4. The Labute approximate surface area is 153 Å². The molecule has 3 heterocycles. The molecule has 1 aliphatic rings. The van der Waals surface area contributed by atoms with E-state index in [-0.39, 0.29) is 17.7 Å². The predicted octanol–water partition coefficient (Wildman–Crippen LogP) is 0.794. The largest absolute Gasteiger partial charge is 0.493 e. The van der Waals surface area contributed by atoms with Gasteiger partial charge in [-0.2, -0.15) is 5.10 Å². The Morgan fingerprint density at radius 1 is 1.35 bits per heavy atom. The highest BCUT2D eigenvalue weighted by Crippen LogP contribution is 2.35. The van der Waals surface area contributed by atoms with Gasteiger partial charge in [0.1, 0.15) is 5.69 Å². The maximum absolute atomic E-state index is 12.4. The summed E-state index contributed by atoms with van der Waals surface area (Å²) in [6.45, 7) is 2.00. The molecule has 0 saturated carbocycles. The summed E-state index contributed by atoms with van der Waals surface area (Å²) in [7, 11) is 6.78. The van der Waals surface area contributed by atoms with Crippen molar-refractivity contribution >= 4 is 5.91 Å². The first-order valence-electron chi connectivity index (χ1n) is 8.55. The maximum Gasteiger partial charge on any atom is 0.224 e. The van der Waals surface area contributed by atoms with E-state index in [0.29, 0.717) is 24.6 Å². The number of carbonyl (C=O) groups is 1. The van der Waals surface area contributed by atoms with Gasteiger partial charge in [-0.3, -0.25) is 19.4 Å². The lowest BCUT2D eigenvalue weighted by atomic mass is 9.90. The van der Waals surface area contributed by atoms with Crippen molar-refractivity contribution in [3.05, 3.63) is 35.9 Å². The molecule has 0 radical (unpaired) electrons. The van der Waals surface area contributed by atoms with Gasteiger partial charge >= 0.3 is 0 Å². The zero-order valence-corrected chi connectivity index (χ0v) is 15.6. The number of likely N-dealkylation sites (tertiary alicyclic amines) is 1. The molecule has 2 atom stereocenters. The standard InChI is InChI=1S/C18H25N5O3/c1-19-18(24)14-10-23(9-13(14)12-7-21-22(2)8-12)11-15-17(26-4)16(25-3)5-6-20-15/h5-8,13-14H,9-11H2,1-4H3,(H,19,24)/t13-,14+/m1/s1. The summed E-state index contributed by atoms with van der Waals surface area (Å²) in [5, 5.41) is 7.04. The smallest absolute Gasteiger partial charge is 0.224 e. The number of methoxy groups -OCH3 is 2. The van der Waals surface area contributed by atoms with Gasteiger partial charge in [0.15, 0.2) is 11.5 Å². The number of aryl methyl sites for hydroxylation is 1. The lowest BCUT2D eigenvalue weighted by Gasteiger charge is -2.18. The molecule has 8 heteroatoms. The Bertz CT molecular complexity index is 776. The summed E-state index contributed by atoms with van der Waals surface area (Å²) >= 11 is 0. The van der Waals surface area contributed by atoms with Crippen LogP contribution in [0.4, 0.5) is 0 Å². The van der Waals surface area contributed by atoms with Gasteiger partial charge in [-0.25, -0.2) is 0 Å². The van der Waals surface area contributed by atoms with E-state index in [1.165, 1.54) is 0 Å². The van der Waals surface area contributed by atoms with E-state index in [4.69, 9.17) is 9.47 Å². The molecule has 1 saturated heterocycles. The van der Waals surface area contributed by atoms with E-state index in [2.05, 4.69) is 20.3 Å². The van der Waals surface area contributed by atoms with Gasteiger partial charge in [0.25, 0.3) is 0 Å². The zero-order valence-electron chi connectivity index (χ0n) is 15.6. The number of hydrogen-bond donors (Lipinski definition) is 1. The van der Waals surface area contributed by atoms with Gasteiger partial charge in [0, 0.05) is 58.1 Å². The summed E-state index contributed by atoms with van der Waals surface area (Å²) in [5.74, 6) is 1.31. The minimum Gasteiger partial charge on any atom is -0.493 e. The average Bonchev–Trinajstić information content (AvgIpc) is 3.26. The average molecular weight is 359 g/mol. The third-order valence-corrected chi connectivity index (χ3v) is 4.87. The Kier molecular flexibility index (Phi) is 5.41. The van der Waals surface area contributed by atoms with Crippen molar-refractivity contribution in [2.75, 3.05) is 34.4 Å². The van der Waals surface area contributed by atoms with Crippen molar-refractivity contribution in [2.45, 2.75) is 12.5 Å². The Morgan fingerprint density at radius 3 is 2.77 bits per heavy atom. The molecule has 8 nitrogen and oxygen atoms in total. The van der Waals surface area contributed by atoms with Gasteiger partial charge in [-0.05, 0) is 5.56 Å². The summed E-state index contributed by atoms with van der Waals surface area (Å²) in [4.78, 5) is 19.1. The highest BCUT2D eigenvalue weighted by atomic mass is 16.5. The summed E-state index contributed by atoms with van der Waals surface area (Å²) in [6, 6.07) is 1.78. The normalized spacial score (nSPS) is 20.2. The first-order chi connectivity index (χ1) is 12.6. The Morgan fingerprint density at radius 2 is 2.15 bits per heavy atom. The molecular formula is C18H25N5O3. The van der Waals surface area contributed by atoms with Crippen molar-refractivity contribution in [3.8, 4) is 11.5 Å². The number of ether oxygens (including phenoxy) is 2. The van der Waals surface area contributed by atoms with E-state index in [0.717, 1.165) is 17.8 Å². The van der Waals surface area contributed by atoms with Crippen LogP contribution >= 0.6 is 0 Å². The number of hydrogen-bond acceptors (Lipinski definition) is 6. The number of amides is 1. The zero-order chi connectivity index (χ0) is 18.7. The maximum atomic E-state index is 12.4. The summed E-state index contributed by atoms with van der Waals surface area (Å²) in [5.41, 5.74) is 1.88. The van der Waals surface area contributed by atoms with Crippen LogP contribution in [-0.2, 0) is 18.4 Å². The van der Waals surface area contributed by atoms with Gasteiger partial charge in [-0.1, -0.05) is 0 Å². The third-order valence-electron chi connectivity index (χ3n) is 4.87. The Balaban J connectivity index is 1.83. The Hall–Kier alpha value is -2.61. The number of carbonyl (C=O) groups excluding carboxylic acids is 1. The lowest BCUT2D eigenvalue weighted by Crippen LogP contribution is -2.32. The first kappa shape index (κ1) is 18.2. The lowest BCUT2D eigenvalue weighted by molar-refractivity contribution is -0.124.